The average molecular weight is 509 g/mol. The van der Waals surface area contributed by atoms with Crippen LogP contribution >= 0.6 is 35.0 Å². The lowest BCUT2D eigenvalue weighted by Gasteiger charge is -2.43. The van der Waals surface area contributed by atoms with Crippen molar-refractivity contribution in [3.63, 3.8) is 0 Å². The van der Waals surface area contributed by atoms with Crippen LogP contribution in [-0.2, 0) is 9.53 Å². The van der Waals surface area contributed by atoms with Crippen molar-refractivity contribution >= 4 is 63.1 Å². The zero-order valence-electron chi connectivity index (χ0n) is 17.9. The van der Waals surface area contributed by atoms with Crippen LogP contribution < -0.4 is 10.0 Å². The summed E-state index contributed by atoms with van der Waals surface area (Å²) in [6.07, 6.45) is 3.89. The van der Waals surface area contributed by atoms with Crippen LogP contribution in [0.25, 0.3) is 0 Å². The number of hydrazone groups is 2. The van der Waals surface area contributed by atoms with Crippen LogP contribution in [0.3, 0.4) is 0 Å². The quantitative estimate of drug-likeness (QED) is 0.394. The van der Waals surface area contributed by atoms with Gasteiger partial charge in [-0.15, -0.1) is 0 Å². The average Bonchev–Trinajstić information content (AvgIpc) is 3.24. The second-order valence-electron chi connectivity index (χ2n) is 7.42. The molecule has 3 aromatic carbocycles. The fourth-order valence-electron chi connectivity index (χ4n) is 3.68. The number of ether oxygens (including phenoxy) is 1. The lowest BCUT2D eigenvalue weighted by molar-refractivity contribution is -0.132. The van der Waals surface area contributed by atoms with Crippen LogP contribution in [0.15, 0.2) is 101 Å². The van der Waals surface area contributed by atoms with Gasteiger partial charge in [-0.3, -0.25) is 0 Å². The van der Waals surface area contributed by atoms with Gasteiger partial charge in [0.05, 0.1) is 24.2 Å². The predicted molar refractivity (Wildman–Crippen MR) is 140 cm³/mol. The van der Waals surface area contributed by atoms with E-state index in [0.717, 1.165) is 17.0 Å². The van der Waals surface area contributed by atoms with E-state index in [9.17, 15) is 4.79 Å². The molecule has 1 unspecified atom stereocenters. The Bertz CT molecular complexity index is 1330. The summed E-state index contributed by atoms with van der Waals surface area (Å²) in [6, 6.07) is 24.5. The summed E-state index contributed by atoms with van der Waals surface area (Å²) in [4.78, 5) is 11.5. The van der Waals surface area contributed by atoms with Gasteiger partial charge in [0.15, 0.2) is 0 Å². The highest BCUT2D eigenvalue weighted by atomic mass is 35.5. The van der Waals surface area contributed by atoms with Gasteiger partial charge in [-0.1, -0.05) is 59.6 Å². The number of nitrogens with zero attached hydrogens (tertiary/aromatic N) is 4. The van der Waals surface area contributed by atoms with Crippen LogP contribution in [0, 0.1) is 0 Å². The molecule has 6 nitrogen and oxygen atoms in total. The molecule has 1 spiro atoms. The van der Waals surface area contributed by atoms with Crippen molar-refractivity contribution in [1.82, 2.24) is 0 Å². The lowest BCUT2D eigenvalue weighted by Crippen LogP contribution is -2.53. The van der Waals surface area contributed by atoms with Crippen molar-refractivity contribution in [3.8, 4) is 0 Å². The molecule has 0 fully saturated rings. The summed E-state index contributed by atoms with van der Waals surface area (Å²) in [5.41, 5.74) is 3.17. The first-order valence-corrected chi connectivity index (χ1v) is 11.9. The second kappa shape index (κ2) is 9.18. The molecule has 0 N–H and O–H groups in total. The van der Waals surface area contributed by atoms with Crippen LogP contribution in [0.2, 0.25) is 10.0 Å². The highest BCUT2D eigenvalue weighted by molar-refractivity contribution is 8.17. The lowest BCUT2D eigenvalue weighted by atomic mass is 10.1. The fraction of sp³-hybridized carbons (Fsp3) is 0.0800. The third-order valence-electron chi connectivity index (χ3n) is 5.26. The number of allylic oxidation sites excluding steroid dienone is 1. The van der Waals surface area contributed by atoms with Crippen LogP contribution in [-0.4, -0.2) is 28.8 Å². The number of halogens is 2. The highest BCUT2D eigenvalue weighted by Crippen LogP contribution is 2.48. The zero-order chi connectivity index (χ0) is 23.7. The number of esters is 1. The Balaban J connectivity index is 1.67. The molecule has 170 valence electrons. The number of methoxy groups -OCH3 is 1. The van der Waals surface area contributed by atoms with Crippen molar-refractivity contribution in [3.05, 3.63) is 107 Å². The van der Waals surface area contributed by atoms with Gasteiger partial charge in [0.25, 0.3) is 0 Å². The van der Waals surface area contributed by atoms with Gasteiger partial charge in [0.2, 0.25) is 10.0 Å². The summed E-state index contributed by atoms with van der Waals surface area (Å²) < 4.78 is 4.98. The Morgan fingerprint density at radius 2 is 1.59 bits per heavy atom. The molecule has 0 aliphatic carbocycles. The number of thioether (sulfide) groups is 1. The molecule has 5 rings (SSSR count). The molecule has 9 heteroatoms. The number of hydrogen-bond donors (Lipinski definition) is 0. The van der Waals surface area contributed by atoms with Gasteiger partial charge in [-0.05, 0) is 66.4 Å². The van der Waals surface area contributed by atoms with Crippen LogP contribution in [0.5, 0.6) is 0 Å². The minimum Gasteiger partial charge on any atom is -0.464 e. The van der Waals surface area contributed by atoms with Crippen molar-refractivity contribution in [2.75, 3.05) is 17.1 Å². The van der Waals surface area contributed by atoms with Crippen molar-refractivity contribution in [1.29, 1.82) is 0 Å². The van der Waals surface area contributed by atoms with Crippen molar-refractivity contribution in [2.45, 2.75) is 4.99 Å². The molecule has 2 aliphatic rings. The minimum atomic E-state index is -1.01. The van der Waals surface area contributed by atoms with E-state index in [-0.39, 0.29) is 5.04 Å². The van der Waals surface area contributed by atoms with E-state index in [0.29, 0.717) is 15.7 Å². The number of rotatable bonds is 4. The Morgan fingerprint density at radius 3 is 2.29 bits per heavy atom. The molecule has 2 aliphatic heterocycles. The topological polar surface area (TPSA) is 57.5 Å². The maximum absolute atomic E-state index is 12.5. The fourth-order valence-corrected chi connectivity index (χ4v) is 5.17. The molecule has 1 atom stereocenters. The summed E-state index contributed by atoms with van der Waals surface area (Å²) in [6.45, 7) is 0. The largest absolute Gasteiger partial charge is 0.464 e. The predicted octanol–water partition coefficient (Wildman–Crippen LogP) is 6.17. The van der Waals surface area contributed by atoms with Crippen molar-refractivity contribution < 1.29 is 9.53 Å². The van der Waals surface area contributed by atoms with Crippen molar-refractivity contribution in [2.24, 2.45) is 10.2 Å². The van der Waals surface area contributed by atoms with E-state index in [1.165, 1.54) is 18.9 Å². The molecular formula is C25H18Cl2N4O2S. The summed E-state index contributed by atoms with van der Waals surface area (Å²) in [5.74, 6) is -0.525. The molecule has 0 aromatic heterocycles. The van der Waals surface area contributed by atoms with E-state index < -0.39 is 11.0 Å². The minimum absolute atomic E-state index is 0.207. The smallest absolute Gasteiger partial charge is 0.365 e. The van der Waals surface area contributed by atoms with Crippen LogP contribution in [0.1, 0.15) is 5.56 Å². The number of benzene rings is 3. The summed E-state index contributed by atoms with van der Waals surface area (Å²) in [7, 11) is 1.34. The zero-order valence-corrected chi connectivity index (χ0v) is 20.3. The van der Waals surface area contributed by atoms with E-state index in [1.54, 1.807) is 17.1 Å². The Hall–Kier alpha value is -3.26. The van der Waals surface area contributed by atoms with E-state index >= 15 is 0 Å². The van der Waals surface area contributed by atoms with E-state index in [2.05, 4.69) is 5.10 Å². The van der Waals surface area contributed by atoms with Gasteiger partial charge >= 0.3 is 5.97 Å². The Labute approximate surface area is 211 Å². The van der Waals surface area contributed by atoms with Gasteiger partial charge < -0.3 is 4.74 Å². The maximum Gasteiger partial charge on any atom is 0.365 e. The SMILES string of the molecule is COC(=O)C1=NN(c2cccc(Cl)c2)C2(C=CC(c3ccc(Cl)cc3)=NN2c2ccccc2)S1. The molecule has 34 heavy (non-hydrogen) atoms. The molecule has 0 radical (unpaired) electrons. The number of hydrogen-bond acceptors (Lipinski definition) is 7. The van der Waals surface area contributed by atoms with E-state index in [4.69, 9.17) is 33.0 Å². The molecular weight excluding hydrogens is 491 g/mol. The number of carbonyl (C=O) groups excluding carboxylic acids is 1. The first-order chi connectivity index (χ1) is 16.5. The number of anilines is 2. The third-order valence-corrected chi connectivity index (χ3v) is 6.98. The number of para-hydroxylation sites is 1. The van der Waals surface area contributed by atoms with Crippen LogP contribution in [0.4, 0.5) is 11.4 Å². The normalized spacial score (nSPS) is 19.3. The summed E-state index contributed by atoms with van der Waals surface area (Å²) in [5, 5.41) is 14.6. The maximum atomic E-state index is 12.5. The standard InChI is InChI=1S/C25H18Cl2N4O2S/c1-33-24(32)23-29-31(21-9-5-6-19(27)16-21)25(34-23)15-14-22(17-10-12-18(26)13-11-17)28-30(25)20-7-3-2-4-8-20/h2-16H,1H3. The molecule has 0 saturated heterocycles. The molecule has 0 saturated carbocycles. The first kappa shape index (κ1) is 22.5. The molecule has 0 bridgehead atoms. The highest BCUT2D eigenvalue weighted by Gasteiger charge is 2.51. The van der Waals surface area contributed by atoms with Gasteiger partial charge in [0, 0.05) is 15.6 Å². The molecule has 2 heterocycles. The van der Waals surface area contributed by atoms with E-state index in [1.807, 2.05) is 83.9 Å². The first-order valence-electron chi connectivity index (χ1n) is 10.3. The molecule has 0 amide bonds. The Kier molecular flexibility index (Phi) is 6.08. The summed E-state index contributed by atoms with van der Waals surface area (Å²) >= 11 is 13.6. The third kappa shape index (κ3) is 4.07. The Morgan fingerprint density at radius 1 is 0.882 bits per heavy atom. The van der Waals surface area contributed by atoms with Gasteiger partial charge in [-0.2, -0.15) is 10.2 Å². The second-order valence-corrected chi connectivity index (χ2v) is 9.49. The van der Waals surface area contributed by atoms with Gasteiger partial charge in [-0.25, -0.2) is 14.8 Å². The monoisotopic (exact) mass is 508 g/mol. The van der Waals surface area contributed by atoms with Gasteiger partial charge in [0.1, 0.15) is 0 Å². The number of carbonyl (C=O) groups is 1. The molecule has 3 aromatic rings.